The SMILES string of the molecule is C[C@@H](C1CC1)N1Cc2cc(Br)cc(Cl)c2C1=O.O=C1NCc2ccccc21. The van der Waals surface area contributed by atoms with Crippen molar-refractivity contribution in [1.82, 2.24) is 10.2 Å². The second-order valence-electron chi connectivity index (χ2n) is 7.27. The molecule has 2 amide bonds. The van der Waals surface area contributed by atoms with E-state index in [4.69, 9.17) is 11.6 Å². The van der Waals surface area contributed by atoms with Crippen molar-refractivity contribution in [2.75, 3.05) is 0 Å². The molecule has 0 saturated heterocycles. The Kier molecular flexibility index (Phi) is 4.99. The first kappa shape index (κ1) is 18.5. The van der Waals surface area contributed by atoms with E-state index in [-0.39, 0.29) is 11.8 Å². The van der Waals surface area contributed by atoms with Crippen molar-refractivity contribution < 1.29 is 9.59 Å². The van der Waals surface area contributed by atoms with Crippen LogP contribution in [0.4, 0.5) is 0 Å². The fourth-order valence-corrected chi connectivity index (χ4v) is 4.68. The molecule has 3 aliphatic rings. The minimum absolute atomic E-state index is 0.0515. The maximum atomic E-state index is 12.3. The largest absolute Gasteiger partial charge is 0.348 e. The van der Waals surface area contributed by atoms with E-state index < -0.39 is 0 Å². The molecule has 1 aliphatic carbocycles. The van der Waals surface area contributed by atoms with E-state index in [1.165, 1.54) is 12.8 Å². The zero-order valence-corrected chi connectivity index (χ0v) is 17.3. The molecule has 1 fully saturated rings. The van der Waals surface area contributed by atoms with Crippen LogP contribution in [0.1, 0.15) is 51.6 Å². The third-order valence-electron chi connectivity index (χ3n) is 5.45. The van der Waals surface area contributed by atoms with Crippen molar-refractivity contribution in [2.45, 2.75) is 38.9 Å². The van der Waals surface area contributed by atoms with E-state index in [1.807, 2.05) is 35.2 Å². The molecule has 2 aromatic rings. The van der Waals surface area contributed by atoms with E-state index in [0.29, 0.717) is 35.6 Å². The highest BCUT2D eigenvalue weighted by atomic mass is 79.9. The summed E-state index contributed by atoms with van der Waals surface area (Å²) in [6.45, 7) is 3.53. The summed E-state index contributed by atoms with van der Waals surface area (Å²) >= 11 is 9.58. The molecule has 27 heavy (non-hydrogen) atoms. The van der Waals surface area contributed by atoms with Crippen molar-refractivity contribution in [3.05, 3.63) is 68.1 Å². The Morgan fingerprint density at radius 3 is 2.63 bits per heavy atom. The number of carbonyl (C=O) groups is 2. The lowest BCUT2D eigenvalue weighted by molar-refractivity contribution is 0.0697. The summed E-state index contributed by atoms with van der Waals surface area (Å²) in [5, 5.41) is 3.31. The summed E-state index contributed by atoms with van der Waals surface area (Å²) < 4.78 is 0.940. The van der Waals surface area contributed by atoms with Crippen LogP contribution in [0.5, 0.6) is 0 Å². The number of rotatable bonds is 2. The predicted octanol–water partition coefficient (Wildman–Crippen LogP) is 4.79. The first-order valence-corrected chi connectivity index (χ1v) is 10.3. The third kappa shape index (κ3) is 3.63. The lowest BCUT2D eigenvalue weighted by Crippen LogP contribution is -2.34. The molecule has 1 saturated carbocycles. The average molecular weight is 448 g/mol. The standard InChI is InChI=1S/C13H13BrClNO.C8H7NO/c1-7(8-2-3-8)16-6-9-4-10(14)5-11(15)12(9)13(16)17;10-8-7-4-2-1-3-6(7)5-9-8/h4-5,7-8H,2-3,6H2,1H3;1-4H,5H2,(H,9,10)/t7-;/m0./s1. The zero-order valence-electron chi connectivity index (χ0n) is 15.0. The molecule has 2 aliphatic heterocycles. The molecule has 140 valence electrons. The van der Waals surface area contributed by atoms with Crippen LogP contribution in [0.2, 0.25) is 5.02 Å². The van der Waals surface area contributed by atoms with Gasteiger partial charge in [0.15, 0.2) is 0 Å². The second kappa shape index (κ2) is 7.28. The molecule has 0 spiro atoms. The van der Waals surface area contributed by atoms with Crippen LogP contribution in [0, 0.1) is 5.92 Å². The first-order valence-electron chi connectivity index (χ1n) is 9.10. The average Bonchev–Trinajstić information content (AvgIpc) is 3.35. The normalized spacial score (nSPS) is 18.4. The summed E-state index contributed by atoms with van der Waals surface area (Å²) in [6.07, 6.45) is 2.50. The second-order valence-corrected chi connectivity index (χ2v) is 8.60. The number of carbonyl (C=O) groups excluding carboxylic acids is 2. The molecule has 2 heterocycles. The molecule has 6 heteroatoms. The van der Waals surface area contributed by atoms with E-state index in [2.05, 4.69) is 28.2 Å². The maximum Gasteiger partial charge on any atom is 0.256 e. The molecule has 0 radical (unpaired) electrons. The molecule has 4 nitrogen and oxygen atoms in total. The summed E-state index contributed by atoms with van der Waals surface area (Å²) in [4.78, 5) is 25.2. The number of benzene rings is 2. The van der Waals surface area contributed by atoms with E-state index in [9.17, 15) is 9.59 Å². The molecule has 1 atom stereocenters. The molecule has 2 aromatic carbocycles. The minimum Gasteiger partial charge on any atom is -0.348 e. The van der Waals surface area contributed by atoms with Crippen molar-refractivity contribution >= 4 is 39.3 Å². The first-order chi connectivity index (χ1) is 13.0. The highest BCUT2D eigenvalue weighted by molar-refractivity contribution is 9.10. The zero-order chi connectivity index (χ0) is 19.1. The molecule has 1 N–H and O–H groups in total. The highest BCUT2D eigenvalue weighted by Gasteiger charge is 2.39. The molecule has 5 rings (SSSR count). The molecule has 0 bridgehead atoms. The predicted molar refractivity (Wildman–Crippen MR) is 109 cm³/mol. The van der Waals surface area contributed by atoms with Gasteiger partial charge in [-0.1, -0.05) is 45.7 Å². The van der Waals surface area contributed by atoms with Crippen LogP contribution in [0.25, 0.3) is 0 Å². The van der Waals surface area contributed by atoms with Crippen LogP contribution in [0.3, 0.4) is 0 Å². The number of halogens is 2. The number of nitrogens with zero attached hydrogens (tertiary/aromatic N) is 1. The minimum atomic E-state index is 0.0515. The Balaban J connectivity index is 0.000000153. The number of hydrogen-bond donors (Lipinski definition) is 1. The van der Waals surface area contributed by atoms with Gasteiger partial charge in [0.25, 0.3) is 11.8 Å². The van der Waals surface area contributed by atoms with Crippen molar-refractivity contribution in [1.29, 1.82) is 0 Å². The van der Waals surface area contributed by atoms with Gasteiger partial charge in [0.1, 0.15) is 0 Å². The van der Waals surface area contributed by atoms with Gasteiger partial charge in [0, 0.05) is 29.2 Å². The van der Waals surface area contributed by atoms with Crippen LogP contribution in [-0.4, -0.2) is 22.8 Å². The summed E-state index contributed by atoms with van der Waals surface area (Å²) in [5.41, 5.74) is 3.67. The van der Waals surface area contributed by atoms with Crippen LogP contribution < -0.4 is 5.32 Å². The van der Waals surface area contributed by atoms with Gasteiger partial charge in [-0.05, 0) is 55.0 Å². The number of fused-ring (bicyclic) bond motifs is 2. The number of amides is 2. The van der Waals surface area contributed by atoms with Gasteiger partial charge in [-0.3, -0.25) is 9.59 Å². The highest BCUT2D eigenvalue weighted by Crippen LogP contribution is 2.40. The third-order valence-corrected chi connectivity index (χ3v) is 6.21. The monoisotopic (exact) mass is 446 g/mol. The number of nitrogens with one attached hydrogen (secondary N) is 1. The Hall–Kier alpha value is -1.85. The van der Waals surface area contributed by atoms with Crippen LogP contribution >= 0.6 is 27.5 Å². The molecular weight excluding hydrogens is 428 g/mol. The summed E-state index contributed by atoms with van der Waals surface area (Å²) in [6, 6.07) is 11.8. The Morgan fingerprint density at radius 2 is 1.93 bits per heavy atom. The lowest BCUT2D eigenvalue weighted by atomic mass is 10.1. The summed E-state index contributed by atoms with van der Waals surface area (Å²) in [7, 11) is 0. The smallest absolute Gasteiger partial charge is 0.256 e. The fraction of sp³-hybridized carbons (Fsp3) is 0.333. The van der Waals surface area contributed by atoms with Gasteiger partial charge in [-0.2, -0.15) is 0 Å². The van der Waals surface area contributed by atoms with E-state index in [0.717, 1.165) is 21.2 Å². The van der Waals surface area contributed by atoms with Crippen molar-refractivity contribution in [3.8, 4) is 0 Å². The molecule has 0 unspecified atom stereocenters. The van der Waals surface area contributed by atoms with Crippen molar-refractivity contribution in [3.63, 3.8) is 0 Å². The summed E-state index contributed by atoms with van der Waals surface area (Å²) in [5.74, 6) is 0.836. The van der Waals surface area contributed by atoms with Gasteiger partial charge < -0.3 is 10.2 Å². The maximum absolute atomic E-state index is 12.3. The van der Waals surface area contributed by atoms with E-state index in [1.54, 1.807) is 6.07 Å². The molecule has 0 aromatic heterocycles. The topological polar surface area (TPSA) is 49.4 Å². The fourth-order valence-electron chi connectivity index (χ4n) is 3.72. The lowest BCUT2D eigenvalue weighted by Gasteiger charge is -2.23. The van der Waals surface area contributed by atoms with Gasteiger partial charge >= 0.3 is 0 Å². The van der Waals surface area contributed by atoms with E-state index >= 15 is 0 Å². The van der Waals surface area contributed by atoms with Gasteiger partial charge in [0.05, 0.1) is 10.6 Å². The number of hydrogen-bond acceptors (Lipinski definition) is 2. The Morgan fingerprint density at radius 1 is 1.19 bits per heavy atom. The van der Waals surface area contributed by atoms with Crippen LogP contribution in [0.15, 0.2) is 40.9 Å². The Labute approximate surface area is 172 Å². The Bertz CT molecular complexity index is 926. The van der Waals surface area contributed by atoms with Gasteiger partial charge in [-0.15, -0.1) is 0 Å². The quantitative estimate of drug-likeness (QED) is 0.720. The molecular formula is C21H20BrClN2O2. The van der Waals surface area contributed by atoms with Crippen LogP contribution in [-0.2, 0) is 13.1 Å². The van der Waals surface area contributed by atoms with Gasteiger partial charge in [0.2, 0.25) is 0 Å². The van der Waals surface area contributed by atoms with Crippen molar-refractivity contribution in [2.24, 2.45) is 5.92 Å². The van der Waals surface area contributed by atoms with Gasteiger partial charge in [-0.25, -0.2) is 0 Å².